The van der Waals surface area contributed by atoms with Crippen LogP contribution in [0.1, 0.15) is 32.4 Å². The molecule has 1 atom stereocenters. The molecule has 0 radical (unpaired) electrons. The van der Waals surface area contributed by atoms with Gasteiger partial charge in [-0.15, -0.1) is 0 Å². The summed E-state index contributed by atoms with van der Waals surface area (Å²) in [6.07, 6.45) is -6.08. The molecule has 0 unspecified atom stereocenters. The van der Waals surface area contributed by atoms with Gasteiger partial charge in [-0.25, -0.2) is 4.79 Å². The average Bonchev–Trinajstić information content (AvgIpc) is 2.67. The molecule has 0 aliphatic carbocycles. The maximum absolute atomic E-state index is 13.2. The normalized spacial score (nSPS) is 16.1. The Balaban J connectivity index is 2.22. The fraction of sp³-hybridized carbons (Fsp3) is 0.263. The van der Waals surface area contributed by atoms with Crippen LogP contribution in [-0.2, 0) is 0 Å². The van der Waals surface area contributed by atoms with E-state index in [4.69, 9.17) is 9.47 Å². The Labute approximate surface area is 163 Å². The molecule has 2 aromatic rings. The van der Waals surface area contributed by atoms with E-state index in [2.05, 4.69) is 5.32 Å². The van der Waals surface area contributed by atoms with Crippen LogP contribution in [0.15, 0.2) is 36.4 Å². The molecule has 0 saturated heterocycles. The second-order valence-electron chi connectivity index (χ2n) is 6.21. The second kappa shape index (κ2) is 7.53. The predicted octanol–water partition coefficient (Wildman–Crippen LogP) is 3.53. The molecule has 0 aromatic heterocycles. The third-order valence-corrected chi connectivity index (χ3v) is 4.46. The number of aromatic carboxylic acids is 1. The number of carbonyl (C=O) groups is 2. The van der Waals surface area contributed by atoms with Crippen molar-refractivity contribution in [3.8, 4) is 11.5 Å². The Morgan fingerprint density at radius 2 is 1.86 bits per heavy atom. The van der Waals surface area contributed by atoms with Crippen LogP contribution in [0.3, 0.4) is 0 Å². The molecule has 0 saturated carbocycles. The first-order valence-electron chi connectivity index (χ1n) is 8.39. The number of carboxylic acids is 1. The van der Waals surface area contributed by atoms with E-state index in [0.29, 0.717) is 10.6 Å². The number of anilines is 1. The zero-order valence-electron chi connectivity index (χ0n) is 15.4. The molecule has 2 aromatic carbocycles. The number of alkyl halides is 3. The highest BCUT2D eigenvalue weighted by atomic mass is 19.4. The van der Waals surface area contributed by atoms with Crippen molar-refractivity contribution >= 4 is 17.6 Å². The van der Waals surface area contributed by atoms with Crippen molar-refractivity contribution in [3.05, 3.63) is 53.1 Å². The number of amides is 1. The monoisotopic (exact) mass is 410 g/mol. The fourth-order valence-corrected chi connectivity index (χ4v) is 3.29. The van der Waals surface area contributed by atoms with Gasteiger partial charge >= 0.3 is 12.1 Å². The minimum absolute atomic E-state index is 0.0605. The van der Waals surface area contributed by atoms with Gasteiger partial charge in [0.05, 0.1) is 19.8 Å². The van der Waals surface area contributed by atoms with Crippen LogP contribution < -0.4 is 14.8 Å². The van der Waals surface area contributed by atoms with Crippen LogP contribution in [-0.4, -0.2) is 48.8 Å². The number of carboxylic acid groups (broad SMARTS) is 1. The first-order valence-corrected chi connectivity index (χ1v) is 8.39. The van der Waals surface area contributed by atoms with Crippen LogP contribution in [0.5, 0.6) is 11.5 Å². The number of nitrogens with zero attached hydrogens (tertiary/aromatic N) is 1. The van der Waals surface area contributed by atoms with Crippen molar-refractivity contribution in [2.24, 2.45) is 0 Å². The predicted molar refractivity (Wildman–Crippen MR) is 96.4 cm³/mol. The van der Waals surface area contributed by atoms with E-state index in [1.54, 1.807) is 6.07 Å². The van der Waals surface area contributed by atoms with Gasteiger partial charge in [-0.05, 0) is 18.2 Å². The lowest BCUT2D eigenvalue weighted by Gasteiger charge is -2.39. The molecule has 154 valence electrons. The molecule has 0 fully saturated rings. The van der Waals surface area contributed by atoms with Crippen molar-refractivity contribution in [2.45, 2.75) is 12.3 Å². The Hall–Kier alpha value is -3.43. The molecule has 0 spiro atoms. The van der Waals surface area contributed by atoms with Gasteiger partial charge in [0.15, 0.2) is 11.5 Å². The summed E-state index contributed by atoms with van der Waals surface area (Å²) in [7, 11) is 2.52. The zero-order valence-corrected chi connectivity index (χ0v) is 15.4. The SMILES string of the molecule is COc1ccc([C@@H]2Nc3ccccc3C(=O)N2CC(F)(F)F)c(C(=O)O)c1OC. The lowest BCUT2D eigenvalue weighted by molar-refractivity contribution is -0.144. The van der Waals surface area contributed by atoms with Crippen LogP contribution in [0.25, 0.3) is 0 Å². The smallest absolute Gasteiger partial charge is 0.406 e. The number of rotatable bonds is 5. The largest absolute Gasteiger partial charge is 0.493 e. The molecule has 1 aliphatic rings. The van der Waals surface area contributed by atoms with E-state index < -0.39 is 36.3 Å². The van der Waals surface area contributed by atoms with Gasteiger partial charge in [-0.1, -0.05) is 18.2 Å². The van der Waals surface area contributed by atoms with Crippen molar-refractivity contribution in [2.75, 3.05) is 26.1 Å². The van der Waals surface area contributed by atoms with Crippen molar-refractivity contribution < 1.29 is 37.3 Å². The summed E-state index contributed by atoms with van der Waals surface area (Å²) in [5, 5.41) is 12.6. The first-order chi connectivity index (χ1) is 13.7. The third-order valence-electron chi connectivity index (χ3n) is 4.46. The van der Waals surface area contributed by atoms with Crippen molar-refractivity contribution in [3.63, 3.8) is 0 Å². The number of hydrogen-bond donors (Lipinski definition) is 2. The van der Waals surface area contributed by atoms with E-state index in [-0.39, 0.29) is 22.6 Å². The van der Waals surface area contributed by atoms with E-state index in [1.165, 1.54) is 44.6 Å². The lowest BCUT2D eigenvalue weighted by atomic mass is 9.98. The first kappa shape index (κ1) is 20.3. The second-order valence-corrected chi connectivity index (χ2v) is 6.21. The summed E-state index contributed by atoms with van der Waals surface area (Å²) in [5.41, 5.74) is -0.108. The van der Waals surface area contributed by atoms with E-state index in [1.807, 2.05) is 0 Å². The van der Waals surface area contributed by atoms with E-state index >= 15 is 0 Å². The van der Waals surface area contributed by atoms with Crippen molar-refractivity contribution in [1.29, 1.82) is 0 Å². The number of carbonyl (C=O) groups excluding carboxylic acids is 1. The molecule has 1 amide bonds. The summed E-state index contributed by atoms with van der Waals surface area (Å²) < 4.78 is 49.9. The van der Waals surface area contributed by atoms with Crippen LogP contribution >= 0.6 is 0 Å². The summed E-state index contributed by atoms with van der Waals surface area (Å²) in [5.74, 6) is -2.36. The van der Waals surface area contributed by atoms with Crippen molar-refractivity contribution in [1.82, 2.24) is 4.90 Å². The summed E-state index contributed by atoms with van der Waals surface area (Å²) in [6.45, 7) is -1.56. The fourth-order valence-electron chi connectivity index (χ4n) is 3.29. The van der Waals surface area contributed by atoms with Crippen LogP contribution in [0, 0.1) is 0 Å². The summed E-state index contributed by atoms with van der Waals surface area (Å²) >= 11 is 0. The number of nitrogens with one attached hydrogen (secondary N) is 1. The number of para-hydroxylation sites is 1. The highest BCUT2D eigenvalue weighted by Gasteiger charge is 2.42. The van der Waals surface area contributed by atoms with Gasteiger partial charge in [-0.2, -0.15) is 13.2 Å². The number of methoxy groups -OCH3 is 2. The highest BCUT2D eigenvalue weighted by Crippen LogP contribution is 2.41. The molecule has 1 heterocycles. The molecule has 7 nitrogen and oxygen atoms in total. The topological polar surface area (TPSA) is 88.1 Å². The Bertz CT molecular complexity index is 961. The molecule has 2 N–H and O–H groups in total. The molecular formula is C19H17F3N2O5. The molecule has 3 rings (SSSR count). The standard InChI is InChI=1S/C19H17F3N2O5/c1-28-13-8-7-11(14(18(26)27)15(13)29-2)16-23-12-6-4-3-5-10(12)17(25)24(16)9-19(20,21)22/h3-8,16,23H,9H2,1-2H3,(H,26,27)/t16-/m1/s1. The quantitative estimate of drug-likeness (QED) is 0.784. The number of halogens is 3. The molecular weight excluding hydrogens is 393 g/mol. The van der Waals surface area contributed by atoms with Crippen LogP contribution in [0.2, 0.25) is 0 Å². The lowest BCUT2D eigenvalue weighted by Crippen LogP contribution is -2.47. The van der Waals surface area contributed by atoms with E-state index in [0.717, 1.165) is 0 Å². The summed E-state index contributed by atoms with van der Waals surface area (Å²) in [4.78, 5) is 25.3. The minimum atomic E-state index is -4.69. The highest BCUT2D eigenvalue weighted by molar-refractivity contribution is 6.02. The third kappa shape index (κ3) is 3.78. The summed E-state index contributed by atoms with van der Waals surface area (Å²) in [6, 6.07) is 8.75. The van der Waals surface area contributed by atoms with Gasteiger partial charge in [0.1, 0.15) is 18.3 Å². The van der Waals surface area contributed by atoms with Gasteiger partial charge < -0.3 is 24.8 Å². The number of benzene rings is 2. The number of fused-ring (bicyclic) bond motifs is 1. The minimum Gasteiger partial charge on any atom is -0.493 e. The van der Waals surface area contributed by atoms with Gasteiger partial charge in [-0.3, -0.25) is 4.79 Å². The maximum Gasteiger partial charge on any atom is 0.406 e. The van der Waals surface area contributed by atoms with Gasteiger partial charge in [0, 0.05) is 11.3 Å². The number of hydrogen-bond acceptors (Lipinski definition) is 5. The van der Waals surface area contributed by atoms with Gasteiger partial charge in [0.25, 0.3) is 5.91 Å². The average molecular weight is 410 g/mol. The Morgan fingerprint density at radius 3 is 2.45 bits per heavy atom. The Morgan fingerprint density at radius 1 is 1.17 bits per heavy atom. The molecule has 1 aliphatic heterocycles. The molecule has 29 heavy (non-hydrogen) atoms. The van der Waals surface area contributed by atoms with Gasteiger partial charge in [0.2, 0.25) is 0 Å². The maximum atomic E-state index is 13.2. The zero-order chi connectivity index (χ0) is 21.3. The molecule has 0 bridgehead atoms. The Kier molecular flexibility index (Phi) is 5.27. The molecule has 10 heteroatoms. The number of ether oxygens (including phenoxy) is 2. The van der Waals surface area contributed by atoms with E-state index in [9.17, 15) is 27.9 Å². The van der Waals surface area contributed by atoms with Crippen LogP contribution in [0.4, 0.5) is 18.9 Å².